The van der Waals surface area contributed by atoms with E-state index >= 15 is 0 Å². The molecule has 1 amide bonds. The van der Waals surface area contributed by atoms with Crippen LogP contribution in [0.1, 0.15) is 25.0 Å². The van der Waals surface area contributed by atoms with Crippen LogP contribution in [0.5, 0.6) is 0 Å². The molecule has 1 aromatic rings. The fourth-order valence-electron chi connectivity index (χ4n) is 2.29. The van der Waals surface area contributed by atoms with Crippen LogP contribution >= 0.6 is 0 Å². The zero-order valence-electron chi connectivity index (χ0n) is 10.7. The molecule has 6 heteroatoms. The number of rotatable bonds is 4. The summed E-state index contributed by atoms with van der Waals surface area (Å²) in [7, 11) is 1.80. The Kier molecular flexibility index (Phi) is 3.99. The van der Waals surface area contributed by atoms with Crippen molar-refractivity contribution in [3.8, 4) is 0 Å². The van der Waals surface area contributed by atoms with E-state index < -0.39 is 5.97 Å². The molecule has 0 aromatic carbocycles. The summed E-state index contributed by atoms with van der Waals surface area (Å²) >= 11 is 0. The van der Waals surface area contributed by atoms with Crippen LogP contribution in [0.4, 0.5) is 0 Å². The summed E-state index contributed by atoms with van der Waals surface area (Å²) in [6, 6.07) is 1.77. The second kappa shape index (κ2) is 5.69. The van der Waals surface area contributed by atoms with Gasteiger partial charge in [0.05, 0.1) is 11.6 Å². The van der Waals surface area contributed by atoms with Crippen LogP contribution in [0.2, 0.25) is 0 Å². The number of aliphatic carboxylic acids is 1. The lowest BCUT2D eigenvalue weighted by molar-refractivity contribution is -0.141. The standard InChI is InChI=1S/C13H17N3O3/c1-16-11(6-7-14-16)4-5-12(17)15-10-3-2-9(8-10)13(18)19/h4-7,9-10H,2-3,8H2,1H3,(H,15,17)(H,18,19)/b5-4-/t9-,10-/m1/s1. The molecule has 1 saturated carbocycles. The molecule has 6 nitrogen and oxygen atoms in total. The first-order valence-corrected chi connectivity index (χ1v) is 6.25. The molecule has 0 spiro atoms. The lowest BCUT2D eigenvalue weighted by Crippen LogP contribution is -2.31. The topological polar surface area (TPSA) is 84.2 Å². The van der Waals surface area contributed by atoms with Gasteiger partial charge in [0.1, 0.15) is 0 Å². The van der Waals surface area contributed by atoms with Crippen molar-refractivity contribution in [2.75, 3.05) is 0 Å². The molecule has 19 heavy (non-hydrogen) atoms. The van der Waals surface area contributed by atoms with E-state index in [2.05, 4.69) is 10.4 Å². The first kappa shape index (κ1) is 13.3. The summed E-state index contributed by atoms with van der Waals surface area (Å²) in [5.74, 6) is -1.30. The first-order chi connectivity index (χ1) is 9.06. The molecule has 1 heterocycles. The Hall–Kier alpha value is -2.11. The zero-order valence-corrected chi connectivity index (χ0v) is 10.7. The number of nitrogens with zero attached hydrogens (tertiary/aromatic N) is 2. The first-order valence-electron chi connectivity index (χ1n) is 6.25. The molecule has 0 bridgehead atoms. The molecule has 1 fully saturated rings. The third-order valence-electron chi connectivity index (χ3n) is 3.39. The Labute approximate surface area is 111 Å². The van der Waals surface area contributed by atoms with Gasteiger partial charge in [-0.1, -0.05) is 0 Å². The summed E-state index contributed by atoms with van der Waals surface area (Å²) < 4.78 is 1.67. The van der Waals surface area contributed by atoms with Crippen molar-refractivity contribution in [1.82, 2.24) is 15.1 Å². The number of aromatic nitrogens is 2. The van der Waals surface area contributed by atoms with E-state index in [1.807, 2.05) is 0 Å². The summed E-state index contributed by atoms with van der Waals surface area (Å²) in [5.41, 5.74) is 0.838. The number of carbonyl (C=O) groups excluding carboxylic acids is 1. The predicted molar refractivity (Wildman–Crippen MR) is 69.1 cm³/mol. The number of aryl methyl sites for hydroxylation is 1. The van der Waals surface area contributed by atoms with Gasteiger partial charge in [0.25, 0.3) is 0 Å². The molecular weight excluding hydrogens is 246 g/mol. The Morgan fingerprint density at radius 1 is 1.53 bits per heavy atom. The van der Waals surface area contributed by atoms with Crippen LogP contribution in [-0.2, 0) is 16.6 Å². The van der Waals surface area contributed by atoms with E-state index in [-0.39, 0.29) is 17.9 Å². The van der Waals surface area contributed by atoms with Crippen molar-refractivity contribution in [2.45, 2.75) is 25.3 Å². The van der Waals surface area contributed by atoms with Gasteiger partial charge in [0, 0.05) is 25.4 Å². The van der Waals surface area contributed by atoms with Gasteiger partial charge < -0.3 is 10.4 Å². The van der Waals surface area contributed by atoms with Gasteiger partial charge in [-0.05, 0) is 31.4 Å². The number of hydrogen-bond acceptors (Lipinski definition) is 3. The van der Waals surface area contributed by atoms with E-state index in [0.29, 0.717) is 12.8 Å². The smallest absolute Gasteiger partial charge is 0.306 e. The second-order valence-electron chi connectivity index (χ2n) is 4.77. The lowest BCUT2D eigenvalue weighted by Gasteiger charge is -2.10. The van der Waals surface area contributed by atoms with E-state index in [9.17, 15) is 9.59 Å². The Balaban J connectivity index is 1.84. The van der Waals surface area contributed by atoms with Gasteiger partial charge in [-0.15, -0.1) is 0 Å². The molecule has 0 unspecified atom stereocenters. The van der Waals surface area contributed by atoms with Crippen LogP contribution in [0, 0.1) is 5.92 Å². The molecule has 102 valence electrons. The van der Waals surface area contributed by atoms with Crippen molar-refractivity contribution in [3.05, 3.63) is 24.0 Å². The van der Waals surface area contributed by atoms with Gasteiger partial charge in [0.2, 0.25) is 5.91 Å². The molecule has 2 rings (SSSR count). The highest BCUT2D eigenvalue weighted by molar-refractivity contribution is 5.91. The molecule has 0 aliphatic heterocycles. The largest absolute Gasteiger partial charge is 0.481 e. The van der Waals surface area contributed by atoms with E-state index in [1.165, 1.54) is 6.08 Å². The zero-order chi connectivity index (χ0) is 13.8. The van der Waals surface area contributed by atoms with Crippen molar-refractivity contribution in [3.63, 3.8) is 0 Å². The molecule has 0 saturated heterocycles. The van der Waals surface area contributed by atoms with Crippen LogP contribution in [-0.4, -0.2) is 32.8 Å². The highest BCUT2D eigenvalue weighted by Crippen LogP contribution is 2.25. The van der Waals surface area contributed by atoms with Crippen molar-refractivity contribution in [1.29, 1.82) is 0 Å². The van der Waals surface area contributed by atoms with E-state index in [1.54, 1.807) is 30.1 Å². The SMILES string of the molecule is Cn1nccc1/C=C\C(=O)N[C@@H]1CC[C@@H](C(=O)O)C1. The van der Waals surface area contributed by atoms with Gasteiger partial charge in [-0.2, -0.15) is 5.10 Å². The normalized spacial score (nSPS) is 22.8. The number of nitrogens with one attached hydrogen (secondary N) is 1. The summed E-state index contributed by atoms with van der Waals surface area (Å²) in [4.78, 5) is 22.5. The number of hydrogen-bond donors (Lipinski definition) is 2. The number of carboxylic acids is 1. The summed E-state index contributed by atoms with van der Waals surface area (Å²) in [6.07, 6.45) is 6.66. The number of carbonyl (C=O) groups is 2. The summed E-state index contributed by atoms with van der Waals surface area (Å²) in [5, 5.41) is 15.7. The number of amides is 1. The molecule has 1 aliphatic carbocycles. The minimum absolute atomic E-state index is 0.0372. The van der Waals surface area contributed by atoms with Crippen LogP contribution in [0.3, 0.4) is 0 Å². The monoisotopic (exact) mass is 263 g/mol. The van der Waals surface area contributed by atoms with Crippen LogP contribution in [0.15, 0.2) is 18.3 Å². The average Bonchev–Trinajstić information content (AvgIpc) is 2.96. The molecule has 2 atom stereocenters. The van der Waals surface area contributed by atoms with Crippen molar-refractivity contribution < 1.29 is 14.7 Å². The quantitative estimate of drug-likeness (QED) is 0.787. The summed E-state index contributed by atoms with van der Waals surface area (Å²) in [6.45, 7) is 0. The Morgan fingerprint density at radius 2 is 2.32 bits per heavy atom. The van der Waals surface area contributed by atoms with Gasteiger partial charge in [-0.3, -0.25) is 14.3 Å². The molecule has 1 aromatic heterocycles. The van der Waals surface area contributed by atoms with Crippen LogP contribution < -0.4 is 5.32 Å². The van der Waals surface area contributed by atoms with Gasteiger partial charge >= 0.3 is 5.97 Å². The highest BCUT2D eigenvalue weighted by Gasteiger charge is 2.30. The van der Waals surface area contributed by atoms with Gasteiger partial charge in [-0.25, -0.2) is 0 Å². The number of carboxylic acid groups (broad SMARTS) is 1. The Bertz CT molecular complexity index is 507. The third kappa shape index (κ3) is 3.43. The van der Waals surface area contributed by atoms with E-state index in [4.69, 9.17) is 5.11 Å². The molecular formula is C13H17N3O3. The molecule has 1 aliphatic rings. The van der Waals surface area contributed by atoms with Crippen molar-refractivity contribution in [2.24, 2.45) is 13.0 Å². The van der Waals surface area contributed by atoms with Crippen LogP contribution in [0.25, 0.3) is 6.08 Å². The maximum absolute atomic E-state index is 11.7. The minimum Gasteiger partial charge on any atom is -0.481 e. The highest BCUT2D eigenvalue weighted by atomic mass is 16.4. The fourth-order valence-corrected chi connectivity index (χ4v) is 2.29. The third-order valence-corrected chi connectivity index (χ3v) is 3.39. The maximum Gasteiger partial charge on any atom is 0.306 e. The molecule has 0 radical (unpaired) electrons. The maximum atomic E-state index is 11.7. The lowest BCUT2D eigenvalue weighted by atomic mass is 10.1. The Morgan fingerprint density at radius 3 is 2.89 bits per heavy atom. The molecule has 2 N–H and O–H groups in total. The second-order valence-corrected chi connectivity index (χ2v) is 4.77. The minimum atomic E-state index is -0.776. The van der Waals surface area contributed by atoms with E-state index in [0.717, 1.165) is 12.1 Å². The average molecular weight is 263 g/mol. The van der Waals surface area contributed by atoms with Crippen molar-refractivity contribution >= 4 is 18.0 Å². The van der Waals surface area contributed by atoms with Gasteiger partial charge in [0.15, 0.2) is 0 Å². The predicted octanol–water partition coefficient (Wildman–Crippen LogP) is 0.803. The fraction of sp³-hybridized carbons (Fsp3) is 0.462.